The normalized spacial score (nSPS) is 11.4. The maximum atomic E-state index is 2.47. The highest BCUT2D eigenvalue weighted by atomic mass is 15.1. The first-order valence-electron chi connectivity index (χ1n) is 22.0. The van der Waals surface area contributed by atoms with E-state index >= 15 is 0 Å². The van der Waals surface area contributed by atoms with Crippen LogP contribution in [0.1, 0.15) is 0 Å². The Bertz CT molecular complexity index is 3620. The summed E-state index contributed by atoms with van der Waals surface area (Å²) in [6, 6.07) is 92.6. The lowest BCUT2D eigenvalue weighted by atomic mass is 9.93. The van der Waals surface area contributed by atoms with Gasteiger partial charge in [-0.25, -0.2) is 0 Å². The van der Waals surface area contributed by atoms with Gasteiger partial charge in [0.25, 0.3) is 0 Å². The molecule has 0 atom stereocenters. The topological polar surface area (TPSA) is 8.17 Å². The van der Waals surface area contributed by atoms with Gasteiger partial charge >= 0.3 is 0 Å². The molecule has 2 nitrogen and oxygen atoms in total. The van der Waals surface area contributed by atoms with E-state index in [0.717, 1.165) is 28.3 Å². The van der Waals surface area contributed by atoms with E-state index in [1.54, 1.807) is 0 Å². The van der Waals surface area contributed by atoms with Crippen LogP contribution in [0, 0.1) is 0 Å². The maximum absolute atomic E-state index is 2.47. The van der Waals surface area contributed by atoms with E-state index in [1.165, 1.54) is 82.3 Å². The third-order valence-electron chi connectivity index (χ3n) is 12.8. The number of fused-ring (bicyclic) bond motifs is 6. The lowest BCUT2D eigenvalue weighted by Crippen LogP contribution is -2.09. The summed E-state index contributed by atoms with van der Waals surface area (Å²) >= 11 is 0. The summed E-state index contributed by atoms with van der Waals surface area (Å²) < 4.78 is 2.47. The van der Waals surface area contributed by atoms with E-state index in [9.17, 15) is 0 Å². The maximum Gasteiger partial charge on any atom is 0.0619 e. The molecule has 0 fully saturated rings. The Morgan fingerprint density at radius 3 is 1.41 bits per heavy atom. The van der Waals surface area contributed by atoms with Gasteiger partial charge in [0, 0.05) is 39.0 Å². The van der Waals surface area contributed by atoms with Crippen LogP contribution in [0.5, 0.6) is 0 Å². The summed E-state index contributed by atoms with van der Waals surface area (Å²) in [5, 5.41) is 7.55. The molecule has 0 saturated heterocycles. The highest BCUT2D eigenvalue weighted by Gasteiger charge is 2.20. The first kappa shape index (κ1) is 37.3. The standard InChI is InChI=1S/C62H42N2/c1-3-16-43(17-4-1)44-30-36-49(37-31-44)63(51-40-34-47(35-41-51)59-42-48-20-7-8-21-52(48)55-23-9-10-24-56(55)59)50-38-32-46(33-39-50)53-22-11-13-28-60(53)64-61-29-14-12-25-57(61)58-27-15-26-54(62(58)64)45-18-5-2-6-19-45/h1-42H. The summed E-state index contributed by atoms with van der Waals surface area (Å²) in [4.78, 5) is 2.37. The third kappa shape index (κ3) is 6.44. The number of nitrogens with zero attached hydrogens (tertiary/aromatic N) is 2. The zero-order chi connectivity index (χ0) is 42.4. The second-order valence-corrected chi connectivity index (χ2v) is 16.5. The molecule has 0 spiro atoms. The first-order chi connectivity index (χ1) is 31.8. The molecular formula is C62H42N2. The van der Waals surface area contributed by atoms with E-state index in [0.29, 0.717) is 0 Å². The molecule has 0 unspecified atom stereocenters. The quantitative estimate of drug-likeness (QED) is 0.139. The van der Waals surface area contributed by atoms with Gasteiger partial charge in [0.2, 0.25) is 0 Å². The number of hydrogen-bond donors (Lipinski definition) is 0. The van der Waals surface area contributed by atoms with E-state index in [-0.39, 0.29) is 0 Å². The van der Waals surface area contributed by atoms with Crippen molar-refractivity contribution < 1.29 is 0 Å². The first-order valence-corrected chi connectivity index (χ1v) is 22.0. The minimum atomic E-state index is 1.08. The summed E-state index contributed by atoms with van der Waals surface area (Å²) in [7, 11) is 0. The van der Waals surface area contributed by atoms with Crippen molar-refractivity contribution >= 4 is 60.4 Å². The molecule has 0 radical (unpaired) electrons. The Kier molecular flexibility index (Phi) is 9.20. The van der Waals surface area contributed by atoms with Crippen molar-refractivity contribution in [3.8, 4) is 50.2 Å². The minimum absolute atomic E-state index is 1.08. The highest BCUT2D eigenvalue weighted by molar-refractivity contribution is 6.15. The van der Waals surface area contributed by atoms with Gasteiger partial charge in [-0.2, -0.15) is 0 Å². The van der Waals surface area contributed by atoms with E-state index in [1.807, 2.05) is 0 Å². The average molecular weight is 815 g/mol. The monoisotopic (exact) mass is 814 g/mol. The van der Waals surface area contributed by atoms with Crippen LogP contribution in [0.4, 0.5) is 17.1 Å². The second-order valence-electron chi connectivity index (χ2n) is 16.5. The van der Waals surface area contributed by atoms with Crippen molar-refractivity contribution in [2.75, 3.05) is 4.90 Å². The zero-order valence-electron chi connectivity index (χ0n) is 35.1. The highest BCUT2D eigenvalue weighted by Crippen LogP contribution is 2.43. The molecule has 1 aromatic heterocycles. The van der Waals surface area contributed by atoms with Gasteiger partial charge in [-0.15, -0.1) is 0 Å². The SMILES string of the molecule is c1ccc(-c2ccc(N(c3ccc(-c4ccccc4-n4c5ccccc5c5cccc(-c6ccccc6)c54)cc3)c3ccc(-c4cc5ccccc5c5ccccc45)cc3)cc2)cc1. The zero-order valence-corrected chi connectivity index (χ0v) is 35.1. The average Bonchev–Trinajstić information content (AvgIpc) is 3.72. The van der Waals surface area contributed by atoms with Crippen molar-refractivity contribution in [2.24, 2.45) is 0 Å². The Balaban J connectivity index is 0.973. The molecule has 0 saturated carbocycles. The number of para-hydroxylation sites is 3. The summed E-state index contributed by atoms with van der Waals surface area (Å²) in [5.41, 5.74) is 16.4. The van der Waals surface area contributed by atoms with Crippen molar-refractivity contribution in [3.63, 3.8) is 0 Å². The third-order valence-corrected chi connectivity index (χ3v) is 12.8. The Morgan fingerprint density at radius 1 is 0.266 bits per heavy atom. The van der Waals surface area contributed by atoms with Crippen LogP contribution >= 0.6 is 0 Å². The van der Waals surface area contributed by atoms with Gasteiger partial charge < -0.3 is 9.47 Å². The van der Waals surface area contributed by atoms with Crippen LogP contribution in [-0.2, 0) is 0 Å². The van der Waals surface area contributed by atoms with Crippen LogP contribution in [0.15, 0.2) is 255 Å². The van der Waals surface area contributed by atoms with Gasteiger partial charge in [0.1, 0.15) is 0 Å². The van der Waals surface area contributed by atoms with Gasteiger partial charge in [-0.3, -0.25) is 0 Å². The van der Waals surface area contributed by atoms with E-state index < -0.39 is 0 Å². The van der Waals surface area contributed by atoms with Gasteiger partial charge in [-0.1, -0.05) is 200 Å². The van der Waals surface area contributed by atoms with Crippen LogP contribution in [0.3, 0.4) is 0 Å². The van der Waals surface area contributed by atoms with Gasteiger partial charge in [-0.05, 0) is 110 Å². The second kappa shape index (κ2) is 15.8. The van der Waals surface area contributed by atoms with Crippen molar-refractivity contribution in [2.45, 2.75) is 0 Å². The molecule has 0 amide bonds. The number of hydrogen-bond acceptors (Lipinski definition) is 1. The number of rotatable bonds is 8. The molecule has 300 valence electrons. The molecule has 0 N–H and O–H groups in total. The largest absolute Gasteiger partial charge is 0.311 e. The van der Waals surface area contributed by atoms with Gasteiger partial charge in [0.05, 0.1) is 16.7 Å². The molecule has 0 aliphatic rings. The van der Waals surface area contributed by atoms with Gasteiger partial charge in [0.15, 0.2) is 0 Å². The molecule has 2 heteroatoms. The van der Waals surface area contributed by atoms with E-state index in [4.69, 9.17) is 0 Å². The molecule has 64 heavy (non-hydrogen) atoms. The number of benzene rings is 11. The van der Waals surface area contributed by atoms with Crippen LogP contribution < -0.4 is 4.90 Å². The fourth-order valence-corrected chi connectivity index (χ4v) is 9.79. The predicted molar refractivity (Wildman–Crippen MR) is 272 cm³/mol. The minimum Gasteiger partial charge on any atom is -0.311 e. The summed E-state index contributed by atoms with van der Waals surface area (Å²) in [5.74, 6) is 0. The molecule has 0 aliphatic heterocycles. The molecule has 1 heterocycles. The van der Waals surface area contributed by atoms with Crippen LogP contribution in [0.2, 0.25) is 0 Å². The van der Waals surface area contributed by atoms with Crippen LogP contribution in [-0.4, -0.2) is 4.57 Å². The lowest BCUT2D eigenvalue weighted by Gasteiger charge is -2.26. The molecular weight excluding hydrogens is 773 g/mol. The summed E-state index contributed by atoms with van der Waals surface area (Å²) in [6.07, 6.45) is 0. The fraction of sp³-hybridized carbons (Fsp3) is 0. The van der Waals surface area contributed by atoms with Crippen LogP contribution in [0.25, 0.3) is 93.5 Å². The van der Waals surface area contributed by atoms with E-state index in [2.05, 4.69) is 264 Å². The fourth-order valence-electron chi connectivity index (χ4n) is 9.79. The molecule has 0 aliphatic carbocycles. The lowest BCUT2D eigenvalue weighted by molar-refractivity contribution is 1.18. The molecule has 12 aromatic rings. The Hall–Kier alpha value is -8.46. The molecule has 0 bridgehead atoms. The number of anilines is 3. The Labute approximate surface area is 373 Å². The summed E-state index contributed by atoms with van der Waals surface area (Å²) in [6.45, 7) is 0. The van der Waals surface area contributed by atoms with Crippen molar-refractivity contribution in [1.29, 1.82) is 0 Å². The predicted octanol–water partition coefficient (Wildman–Crippen LogP) is 17.2. The smallest absolute Gasteiger partial charge is 0.0619 e. The molecule has 11 aromatic carbocycles. The van der Waals surface area contributed by atoms with Crippen molar-refractivity contribution in [3.05, 3.63) is 255 Å². The number of aromatic nitrogens is 1. The Morgan fingerprint density at radius 2 is 0.719 bits per heavy atom. The molecule has 12 rings (SSSR count). The van der Waals surface area contributed by atoms with Crippen molar-refractivity contribution in [1.82, 2.24) is 4.57 Å².